The van der Waals surface area contributed by atoms with Crippen molar-refractivity contribution in [2.45, 2.75) is 78.3 Å². The van der Waals surface area contributed by atoms with Gasteiger partial charge in [0.25, 0.3) is 0 Å². The minimum absolute atomic E-state index is 0.0172. The van der Waals surface area contributed by atoms with E-state index in [0.29, 0.717) is 12.0 Å². The highest BCUT2D eigenvalue weighted by molar-refractivity contribution is 6.03. The maximum absolute atomic E-state index is 14.7. The highest BCUT2D eigenvalue weighted by Gasteiger charge is 2.66. The van der Waals surface area contributed by atoms with E-state index in [0.717, 1.165) is 0 Å². The van der Waals surface area contributed by atoms with Crippen molar-refractivity contribution in [3.05, 3.63) is 89.8 Å². The maximum atomic E-state index is 14.7. The van der Waals surface area contributed by atoms with Crippen molar-refractivity contribution in [1.82, 2.24) is 4.98 Å². The van der Waals surface area contributed by atoms with Gasteiger partial charge < -0.3 is 18.9 Å². The first-order valence-electron chi connectivity index (χ1n) is 15.8. The van der Waals surface area contributed by atoms with E-state index in [2.05, 4.69) is 25.4 Å². The number of rotatable bonds is 6. The van der Waals surface area contributed by atoms with Gasteiger partial charge in [0.2, 0.25) is 5.78 Å². The molecule has 5 rings (SSSR count). The predicted molar refractivity (Wildman–Crippen MR) is 170 cm³/mol. The molecule has 0 amide bonds. The van der Waals surface area contributed by atoms with Crippen molar-refractivity contribution in [2.75, 3.05) is 0 Å². The van der Waals surface area contributed by atoms with Crippen LogP contribution >= 0.6 is 0 Å². The molecule has 8 unspecified atom stereocenters. The van der Waals surface area contributed by atoms with Crippen LogP contribution in [0.4, 0.5) is 0 Å². The van der Waals surface area contributed by atoms with E-state index in [4.69, 9.17) is 18.9 Å². The Balaban J connectivity index is 1.68. The van der Waals surface area contributed by atoms with Gasteiger partial charge in [0.05, 0.1) is 17.0 Å². The van der Waals surface area contributed by atoms with Crippen molar-refractivity contribution in [2.24, 2.45) is 29.1 Å². The number of fused-ring (bicyclic) bond motifs is 2. The Morgan fingerprint density at radius 1 is 0.915 bits per heavy atom. The second kappa shape index (κ2) is 12.9. The van der Waals surface area contributed by atoms with Gasteiger partial charge in [-0.05, 0) is 66.4 Å². The van der Waals surface area contributed by atoms with Gasteiger partial charge in [0.1, 0.15) is 18.3 Å². The lowest BCUT2D eigenvalue weighted by Crippen LogP contribution is -2.55. The molecule has 2 fully saturated rings. The van der Waals surface area contributed by atoms with Gasteiger partial charge in [0.15, 0.2) is 5.60 Å². The molecular weight excluding hydrogens is 602 g/mol. The summed E-state index contributed by atoms with van der Waals surface area (Å²) in [4.78, 5) is 71.2. The molecule has 248 valence electrons. The quantitative estimate of drug-likeness (QED) is 0.227. The smallest absolute Gasteiger partial charge is 0.340 e. The van der Waals surface area contributed by atoms with Crippen molar-refractivity contribution < 1.29 is 42.9 Å². The normalized spacial score (nSPS) is 31.2. The molecule has 0 spiro atoms. The third-order valence-electron chi connectivity index (χ3n) is 9.98. The molecule has 0 bridgehead atoms. The van der Waals surface area contributed by atoms with Crippen molar-refractivity contribution in [3.8, 4) is 0 Å². The van der Waals surface area contributed by atoms with E-state index in [9.17, 15) is 24.0 Å². The Bertz CT molecular complexity index is 1610. The summed E-state index contributed by atoms with van der Waals surface area (Å²) in [5.74, 6) is -5.08. The Morgan fingerprint density at radius 2 is 1.57 bits per heavy atom. The van der Waals surface area contributed by atoms with Crippen molar-refractivity contribution in [3.63, 3.8) is 0 Å². The zero-order valence-corrected chi connectivity index (χ0v) is 27.6. The summed E-state index contributed by atoms with van der Waals surface area (Å²) in [7, 11) is 0. The molecule has 0 N–H and O–H groups in total. The molecule has 1 aromatic carbocycles. The minimum Gasteiger partial charge on any atom is -0.458 e. The fourth-order valence-electron chi connectivity index (χ4n) is 7.55. The Morgan fingerprint density at radius 3 is 2.19 bits per heavy atom. The fraction of sp³-hybridized carbons (Fsp3) is 0.459. The number of ketones is 1. The summed E-state index contributed by atoms with van der Waals surface area (Å²) in [6.45, 7) is 14.3. The van der Waals surface area contributed by atoms with Crippen LogP contribution in [0.5, 0.6) is 0 Å². The van der Waals surface area contributed by atoms with Gasteiger partial charge in [-0.1, -0.05) is 51.6 Å². The van der Waals surface area contributed by atoms with E-state index in [1.807, 2.05) is 6.08 Å². The van der Waals surface area contributed by atoms with Crippen LogP contribution in [0.25, 0.3) is 0 Å². The maximum Gasteiger partial charge on any atom is 0.340 e. The molecule has 1 aromatic heterocycles. The summed E-state index contributed by atoms with van der Waals surface area (Å²) < 4.78 is 24.2. The highest BCUT2D eigenvalue weighted by atomic mass is 16.6. The van der Waals surface area contributed by atoms with Gasteiger partial charge in [-0.25, -0.2) is 9.59 Å². The summed E-state index contributed by atoms with van der Waals surface area (Å²) in [5.41, 5.74) is -1.11. The molecule has 1 heterocycles. The van der Waals surface area contributed by atoms with E-state index >= 15 is 0 Å². The first-order chi connectivity index (χ1) is 22.2. The lowest BCUT2D eigenvalue weighted by molar-refractivity contribution is -0.179. The number of aromatic nitrogens is 1. The number of esters is 4. The molecule has 8 atom stereocenters. The van der Waals surface area contributed by atoms with Crippen LogP contribution in [0.15, 0.2) is 78.7 Å². The zero-order valence-electron chi connectivity index (χ0n) is 27.6. The number of allylic oxidation sites excluding steroid dienone is 1. The molecular formula is C37H41NO9. The van der Waals surface area contributed by atoms with Crippen LogP contribution < -0.4 is 0 Å². The Labute approximate surface area is 274 Å². The third-order valence-corrected chi connectivity index (χ3v) is 9.98. The van der Waals surface area contributed by atoms with Gasteiger partial charge >= 0.3 is 23.9 Å². The summed E-state index contributed by atoms with van der Waals surface area (Å²) in [6, 6.07) is 11.5. The number of Topliss-reactive ketones (excluding diaryl/α,β-unsaturated/α-hetero) is 1. The number of nitrogens with zero attached hydrogens (tertiary/aromatic N) is 1. The lowest BCUT2D eigenvalue weighted by Gasteiger charge is -2.40. The van der Waals surface area contributed by atoms with Crippen LogP contribution in [0.3, 0.4) is 0 Å². The van der Waals surface area contributed by atoms with Crippen LogP contribution in [-0.4, -0.2) is 58.6 Å². The SMILES string of the molecule is C=C1C(OC(=O)c2cccnc2)CC2C(C=C(C)C(=O)C3(OC(C)=O)CC(C)C(OC(=O)c4ccccc4)C3C1OC(C)=O)C2(C)C. The number of carbonyl (C=O) groups is 5. The van der Waals surface area contributed by atoms with E-state index in [1.54, 1.807) is 56.3 Å². The number of pyridine rings is 1. The molecule has 2 saturated carbocycles. The average molecular weight is 644 g/mol. The fourth-order valence-corrected chi connectivity index (χ4v) is 7.55. The summed E-state index contributed by atoms with van der Waals surface area (Å²) in [6.07, 6.45) is 1.70. The molecule has 0 radical (unpaired) electrons. The molecule has 0 aliphatic heterocycles. The van der Waals surface area contributed by atoms with Gasteiger partial charge in [0, 0.05) is 38.2 Å². The topological polar surface area (TPSA) is 135 Å². The largest absolute Gasteiger partial charge is 0.458 e. The Hall–Kier alpha value is -4.60. The van der Waals surface area contributed by atoms with Crippen LogP contribution in [0, 0.1) is 29.1 Å². The molecule has 2 aromatic rings. The van der Waals surface area contributed by atoms with Gasteiger partial charge in [-0.3, -0.25) is 19.4 Å². The number of hydrogen-bond acceptors (Lipinski definition) is 10. The van der Waals surface area contributed by atoms with Crippen LogP contribution in [0.1, 0.15) is 75.1 Å². The van der Waals surface area contributed by atoms with Crippen LogP contribution in [0.2, 0.25) is 0 Å². The number of ether oxygens (including phenoxy) is 4. The van der Waals surface area contributed by atoms with Gasteiger partial charge in [-0.2, -0.15) is 0 Å². The number of carbonyl (C=O) groups excluding carboxylic acids is 5. The van der Waals surface area contributed by atoms with Crippen molar-refractivity contribution >= 4 is 29.7 Å². The molecule has 10 heteroatoms. The first-order valence-corrected chi connectivity index (χ1v) is 15.8. The molecule has 3 aliphatic carbocycles. The predicted octanol–water partition coefficient (Wildman–Crippen LogP) is 5.47. The lowest BCUT2D eigenvalue weighted by atomic mass is 9.76. The van der Waals surface area contributed by atoms with E-state index in [-0.39, 0.29) is 40.4 Å². The average Bonchev–Trinajstić information content (AvgIpc) is 3.41. The first kappa shape index (κ1) is 33.8. The summed E-state index contributed by atoms with van der Waals surface area (Å²) >= 11 is 0. The van der Waals surface area contributed by atoms with Crippen molar-refractivity contribution in [1.29, 1.82) is 0 Å². The number of hydrogen-bond donors (Lipinski definition) is 0. The second-order valence-electron chi connectivity index (χ2n) is 13.5. The minimum atomic E-state index is -1.90. The molecule has 47 heavy (non-hydrogen) atoms. The molecule has 10 nitrogen and oxygen atoms in total. The van der Waals surface area contributed by atoms with E-state index in [1.165, 1.54) is 26.2 Å². The van der Waals surface area contributed by atoms with Gasteiger partial charge in [-0.15, -0.1) is 0 Å². The monoisotopic (exact) mass is 643 g/mol. The zero-order chi connectivity index (χ0) is 34.3. The molecule has 0 saturated heterocycles. The highest BCUT2D eigenvalue weighted by Crippen LogP contribution is 2.63. The summed E-state index contributed by atoms with van der Waals surface area (Å²) in [5, 5.41) is 0. The Kier molecular flexibility index (Phi) is 9.26. The van der Waals surface area contributed by atoms with Crippen LogP contribution in [-0.2, 0) is 33.3 Å². The molecule has 3 aliphatic rings. The number of benzene rings is 1. The third kappa shape index (κ3) is 6.50. The second-order valence-corrected chi connectivity index (χ2v) is 13.5. The standard InChI is InChI=1S/C37H41NO9/c1-20-16-27-28(36(27,6)7)17-29(45-35(43)26-14-11-15-38-19-26)22(3)32(44-23(4)39)30-31(46-34(42)25-12-9-8-10-13-25)21(2)18-37(30,33(20)41)47-24(5)40/h8-16,19,21,27-32H,3,17-18H2,1-2,4-7H3. The van der Waals surface area contributed by atoms with E-state index < -0.39 is 65.4 Å².